The molecule has 0 spiro atoms. The molecule has 9 nitrogen and oxygen atoms in total. The molecule has 134 valence electrons. The lowest BCUT2D eigenvalue weighted by Gasteiger charge is -2.42. The second kappa shape index (κ2) is 6.19. The molecule has 1 aromatic heterocycles. The van der Waals surface area contributed by atoms with Crippen molar-refractivity contribution >= 4 is 23.6 Å². The van der Waals surface area contributed by atoms with Gasteiger partial charge in [0.1, 0.15) is 17.0 Å². The third-order valence-electron chi connectivity index (χ3n) is 4.65. The van der Waals surface area contributed by atoms with Crippen molar-refractivity contribution in [3.63, 3.8) is 0 Å². The summed E-state index contributed by atoms with van der Waals surface area (Å²) in [6.45, 7) is -0.212. The molecule has 0 unspecified atom stereocenters. The number of ether oxygens (including phenoxy) is 1. The number of rotatable bonds is 3. The predicted molar refractivity (Wildman–Crippen MR) is 82.5 cm³/mol. The van der Waals surface area contributed by atoms with Crippen LogP contribution in [-0.2, 0) is 9.59 Å². The van der Waals surface area contributed by atoms with Crippen molar-refractivity contribution in [3.8, 4) is 5.88 Å². The van der Waals surface area contributed by atoms with Gasteiger partial charge in [-0.05, 0) is 25.7 Å². The number of hydrogen-bond acceptors (Lipinski definition) is 5. The number of pyridine rings is 1. The standard InChI is InChI=1S/C15H17FN4O5/c16-8-5-10-12(18-6-8)25-7-11(21)20(10)9-1-3-15(4-2-9,13(17)22)19-14(23)24/h5-6,9,19H,1-4,7H2,(H2,17,22)(H,23,24). The third-order valence-corrected chi connectivity index (χ3v) is 4.65. The second-order valence-electron chi connectivity index (χ2n) is 6.14. The molecule has 1 saturated carbocycles. The molecule has 0 bridgehead atoms. The maximum absolute atomic E-state index is 13.5. The van der Waals surface area contributed by atoms with Gasteiger partial charge in [-0.3, -0.25) is 9.59 Å². The molecule has 0 saturated heterocycles. The lowest BCUT2D eigenvalue weighted by atomic mass is 9.78. The normalized spacial score (nSPS) is 25.7. The van der Waals surface area contributed by atoms with Gasteiger partial charge in [0.2, 0.25) is 11.8 Å². The SMILES string of the molecule is NC(=O)C1(NC(=O)O)CCC(N2C(=O)COc3ncc(F)cc32)CC1. The van der Waals surface area contributed by atoms with Gasteiger partial charge < -0.3 is 25.8 Å². The highest BCUT2D eigenvalue weighted by atomic mass is 19.1. The van der Waals surface area contributed by atoms with Crippen molar-refractivity contribution in [2.45, 2.75) is 37.3 Å². The summed E-state index contributed by atoms with van der Waals surface area (Å²) in [5.74, 6) is -1.54. The maximum atomic E-state index is 13.5. The van der Waals surface area contributed by atoms with Crippen molar-refractivity contribution < 1.29 is 28.6 Å². The van der Waals surface area contributed by atoms with Crippen molar-refractivity contribution in [1.29, 1.82) is 0 Å². The average Bonchev–Trinajstić information content (AvgIpc) is 2.55. The Morgan fingerprint density at radius 3 is 2.72 bits per heavy atom. The molecule has 1 aromatic rings. The van der Waals surface area contributed by atoms with Crippen molar-refractivity contribution in [2.75, 3.05) is 11.5 Å². The lowest BCUT2D eigenvalue weighted by molar-refractivity contribution is -0.125. The zero-order valence-electron chi connectivity index (χ0n) is 13.2. The predicted octanol–water partition coefficient (Wildman–Crippen LogP) is 0.380. The number of nitrogens with two attached hydrogens (primary N) is 1. The van der Waals surface area contributed by atoms with E-state index in [1.54, 1.807) is 0 Å². The first-order valence-electron chi connectivity index (χ1n) is 7.74. The van der Waals surface area contributed by atoms with E-state index < -0.39 is 23.4 Å². The fourth-order valence-corrected chi connectivity index (χ4v) is 3.43. The number of anilines is 1. The summed E-state index contributed by atoms with van der Waals surface area (Å²) in [5, 5.41) is 11.1. The van der Waals surface area contributed by atoms with Crippen LogP contribution in [0.15, 0.2) is 12.3 Å². The first kappa shape index (κ1) is 16.9. The number of fused-ring (bicyclic) bond motifs is 1. The van der Waals surface area contributed by atoms with E-state index in [2.05, 4.69) is 10.3 Å². The Hall–Kier alpha value is -2.91. The number of carboxylic acid groups (broad SMARTS) is 1. The smallest absolute Gasteiger partial charge is 0.405 e. The molecule has 0 aromatic carbocycles. The van der Waals surface area contributed by atoms with Crippen LogP contribution in [0, 0.1) is 5.82 Å². The van der Waals surface area contributed by atoms with Crippen LogP contribution < -0.4 is 20.7 Å². The van der Waals surface area contributed by atoms with Gasteiger partial charge in [0.05, 0.1) is 6.20 Å². The number of nitrogens with one attached hydrogen (secondary N) is 1. The molecule has 0 radical (unpaired) electrons. The minimum atomic E-state index is -1.36. The molecular weight excluding hydrogens is 335 g/mol. The molecule has 2 heterocycles. The van der Waals surface area contributed by atoms with E-state index in [9.17, 15) is 18.8 Å². The zero-order valence-corrected chi connectivity index (χ0v) is 13.2. The summed E-state index contributed by atoms with van der Waals surface area (Å²) in [6, 6.07) is 0.840. The Morgan fingerprint density at radius 2 is 2.12 bits per heavy atom. The molecule has 1 fully saturated rings. The number of nitrogens with zero attached hydrogens (tertiary/aromatic N) is 2. The van der Waals surface area contributed by atoms with Crippen LogP contribution in [0.4, 0.5) is 14.9 Å². The molecule has 25 heavy (non-hydrogen) atoms. The van der Waals surface area contributed by atoms with E-state index in [0.717, 1.165) is 6.20 Å². The fraction of sp³-hybridized carbons (Fsp3) is 0.467. The molecule has 0 atom stereocenters. The minimum absolute atomic E-state index is 0.141. The fourth-order valence-electron chi connectivity index (χ4n) is 3.43. The molecule has 1 aliphatic heterocycles. The maximum Gasteiger partial charge on any atom is 0.405 e. The topological polar surface area (TPSA) is 135 Å². The Labute approximate surface area is 141 Å². The highest BCUT2D eigenvalue weighted by molar-refractivity contribution is 5.98. The lowest BCUT2D eigenvalue weighted by Crippen LogP contribution is -2.61. The minimum Gasteiger partial charge on any atom is -0.466 e. The van der Waals surface area contributed by atoms with E-state index in [4.69, 9.17) is 15.6 Å². The van der Waals surface area contributed by atoms with Gasteiger partial charge in [0.15, 0.2) is 6.61 Å². The molecular formula is C15H17FN4O5. The first-order chi connectivity index (χ1) is 11.8. The number of halogens is 1. The van der Waals surface area contributed by atoms with E-state index in [0.29, 0.717) is 12.8 Å². The first-order valence-corrected chi connectivity index (χ1v) is 7.74. The van der Waals surface area contributed by atoms with Crippen molar-refractivity contribution in [3.05, 3.63) is 18.1 Å². The summed E-state index contributed by atoms with van der Waals surface area (Å²) in [4.78, 5) is 40.2. The van der Waals surface area contributed by atoms with Crippen LogP contribution >= 0.6 is 0 Å². The molecule has 2 aliphatic rings. The second-order valence-corrected chi connectivity index (χ2v) is 6.14. The number of amides is 3. The summed E-state index contributed by atoms with van der Waals surface area (Å²) in [6.07, 6.45) is 0.596. The summed E-state index contributed by atoms with van der Waals surface area (Å²) in [5.41, 5.74) is 4.25. The number of carbonyl (C=O) groups is 3. The number of aromatic nitrogens is 1. The van der Waals surface area contributed by atoms with E-state index in [1.807, 2.05) is 0 Å². The number of hydrogen-bond donors (Lipinski definition) is 3. The van der Waals surface area contributed by atoms with Crippen LogP contribution in [0.3, 0.4) is 0 Å². The highest BCUT2D eigenvalue weighted by Crippen LogP contribution is 2.38. The summed E-state index contributed by atoms with van der Waals surface area (Å²) in [7, 11) is 0. The van der Waals surface area contributed by atoms with Gasteiger partial charge in [-0.25, -0.2) is 14.2 Å². The van der Waals surface area contributed by atoms with Crippen LogP contribution in [-0.4, -0.2) is 46.2 Å². The Morgan fingerprint density at radius 1 is 1.44 bits per heavy atom. The Kier molecular flexibility index (Phi) is 4.19. The molecule has 10 heteroatoms. The van der Waals surface area contributed by atoms with Crippen LogP contribution in [0.25, 0.3) is 0 Å². The van der Waals surface area contributed by atoms with Gasteiger partial charge in [-0.15, -0.1) is 0 Å². The van der Waals surface area contributed by atoms with Crippen LogP contribution in [0.1, 0.15) is 25.7 Å². The van der Waals surface area contributed by atoms with Gasteiger partial charge in [-0.1, -0.05) is 0 Å². The quantitative estimate of drug-likeness (QED) is 0.720. The van der Waals surface area contributed by atoms with Gasteiger partial charge >= 0.3 is 6.09 Å². The van der Waals surface area contributed by atoms with Crippen molar-refractivity contribution in [1.82, 2.24) is 10.3 Å². The van der Waals surface area contributed by atoms with Gasteiger partial charge in [0, 0.05) is 12.1 Å². The number of carbonyl (C=O) groups excluding carboxylic acids is 2. The van der Waals surface area contributed by atoms with E-state index in [1.165, 1.54) is 11.0 Å². The highest BCUT2D eigenvalue weighted by Gasteiger charge is 2.45. The molecule has 4 N–H and O–H groups in total. The Bertz CT molecular complexity index is 733. The van der Waals surface area contributed by atoms with Gasteiger partial charge in [0.25, 0.3) is 5.91 Å². The largest absolute Gasteiger partial charge is 0.466 e. The average molecular weight is 352 g/mol. The summed E-state index contributed by atoms with van der Waals surface area (Å²) < 4.78 is 18.8. The van der Waals surface area contributed by atoms with E-state index >= 15 is 0 Å². The van der Waals surface area contributed by atoms with Crippen LogP contribution in [0.5, 0.6) is 5.88 Å². The summed E-state index contributed by atoms with van der Waals surface area (Å²) >= 11 is 0. The zero-order chi connectivity index (χ0) is 18.2. The molecule has 1 aliphatic carbocycles. The van der Waals surface area contributed by atoms with Crippen LogP contribution in [0.2, 0.25) is 0 Å². The third kappa shape index (κ3) is 3.06. The number of primary amides is 1. The van der Waals surface area contributed by atoms with Gasteiger partial charge in [-0.2, -0.15) is 0 Å². The monoisotopic (exact) mass is 352 g/mol. The molecule has 3 amide bonds. The van der Waals surface area contributed by atoms with Crippen molar-refractivity contribution in [2.24, 2.45) is 5.73 Å². The molecule has 3 rings (SSSR count). The van der Waals surface area contributed by atoms with E-state index in [-0.39, 0.29) is 43.0 Å². The Balaban J connectivity index is 1.83.